The van der Waals surface area contributed by atoms with E-state index in [4.69, 9.17) is 17.3 Å². The molecule has 0 fully saturated rings. The minimum atomic E-state index is -4.48. The largest absolute Gasteiger partial charge is 0.417 e. The third kappa shape index (κ3) is 3.27. The van der Waals surface area contributed by atoms with Gasteiger partial charge in [-0.05, 0) is 30.5 Å². The molecule has 6 heteroatoms. The SMILES string of the molecule is NC=CC=Nc1ccc(Cl)c(C(F)(F)F)c1. The molecule has 86 valence electrons. The zero-order valence-electron chi connectivity index (χ0n) is 8.00. The average Bonchev–Trinajstić information content (AvgIpc) is 2.19. The zero-order chi connectivity index (χ0) is 12.2. The Morgan fingerprint density at radius 3 is 2.56 bits per heavy atom. The molecule has 1 rings (SSSR count). The summed E-state index contributed by atoms with van der Waals surface area (Å²) in [6.07, 6.45) is -0.554. The maximum atomic E-state index is 12.4. The lowest BCUT2D eigenvalue weighted by molar-refractivity contribution is -0.137. The number of nitrogens with zero attached hydrogens (tertiary/aromatic N) is 1. The molecule has 0 unspecified atom stereocenters. The maximum Gasteiger partial charge on any atom is 0.417 e. The van der Waals surface area contributed by atoms with Gasteiger partial charge in [0.25, 0.3) is 0 Å². The molecule has 1 aromatic carbocycles. The van der Waals surface area contributed by atoms with Gasteiger partial charge in [0.1, 0.15) is 0 Å². The molecule has 0 atom stereocenters. The van der Waals surface area contributed by atoms with E-state index in [-0.39, 0.29) is 10.7 Å². The van der Waals surface area contributed by atoms with Crippen LogP contribution in [0.15, 0.2) is 35.5 Å². The van der Waals surface area contributed by atoms with Gasteiger partial charge >= 0.3 is 6.18 Å². The maximum absolute atomic E-state index is 12.4. The fourth-order valence-electron chi connectivity index (χ4n) is 0.990. The normalized spacial score (nSPS) is 12.8. The number of nitrogens with two attached hydrogens (primary N) is 1. The van der Waals surface area contributed by atoms with E-state index >= 15 is 0 Å². The molecule has 0 aliphatic carbocycles. The lowest BCUT2D eigenvalue weighted by atomic mass is 10.2. The van der Waals surface area contributed by atoms with Crippen molar-refractivity contribution in [2.75, 3.05) is 0 Å². The second-order valence-electron chi connectivity index (χ2n) is 2.82. The van der Waals surface area contributed by atoms with Crippen LogP contribution in [0.4, 0.5) is 18.9 Å². The number of benzene rings is 1. The summed E-state index contributed by atoms with van der Waals surface area (Å²) in [7, 11) is 0. The highest BCUT2D eigenvalue weighted by atomic mass is 35.5. The minimum Gasteiger partial charge on any atom is -0.405 e. The summed E-state index contributed by atoms with van der Waals surface area (Å²) in [4.78, 5) is 3.76. The molecule has 16 heavy (non-hydrogen) atoms. The fraction of sp³-hybridized carbons (Fsp3) is 0.100. The predicted molar refractivity (Wildman–Crippen MR) is 57.9 cm³/mol. The molecule has 0 bridgehead atoms. The Hall–Kier alpha value is -1.49. The Bertz CT molecular complexity index is 425. The molecule has 0 saturated carbocycles. The van der Waals surface area contributed by atoms with Crippen molar-refractivity contribution < 1.29 is 13.2 Å². The lowest BCUT2D eigenvalue weighted by Crippen LogP contribution is -2.05. The fourth-order valence-corrected chi connectivity index (χ4v) is 1.21. The molecule has 0 spiro atoms. The Kier molecular flexibility index (Phi) is 3.95. The molecule has 0 aliphatic rings. The average molecular weight is 249 g/mol. The van der Waals surface area contributed by atoms with Crippen molar-refractivity contribution in [3.63, 3.8) is 0 Å². The van der Waals surface area contributed by atoms with Crippen LogP contribution >= 0.6 is 11.6 Å². The van der Waals surface area contributed by atoms with E-state index in [0.717, 1.165) is 12.1 Å². The van der Waals surface area contributed by atoms with Crippen LogP contribution in [0.1, 0.15) is 5.56 Å². The second kappa shape index (κ2) is 5.03. The van der Waals surface area contributed by atoms with Crippen molar-refractivity contribution in [3.8, 4) is 0 Å². The number of hydrogen-bond acceptors (Lipinski definition) is 2. The van der Waals surface area contributed by atoms with E-state index < -0.39 is 11.7 Å². The first-order valence-electron chi connectivity index (χ1n) is 4.23. The quantitative estimate of drug-likeness (QED) is 0.799. The zero-order valence-corrected chi connectivity index (χ0v) is 8.76. The van der Waals surface area contributed by atoms with E-state index in [0.29, 0.717) is 0 Å². The highest BCUT2D eigenvalue weighted by molar-refractivity contribution is 6.31. The molecule has 0 aromatic heterocycles. The van der Waals surface area contributed by atoms with Crippen LogP contribution in [0.25, 0.3) is 0 Å². The molecule has 2 N–H and O–H groups in total. The summed E-state index contributed by atoms with van der Waals surface area (Å²) in [6.45, 7) is 0. The molecule has 0 saturated heterocycles. The summed E-state index contributed by atoms with van der Waals surface area (Å²) in [6, 6.07) is 3.42. The molecule has 0 amide bonds. The van der Waals surface area contributed by atoms with Gasteiger partial charge in [-0.15, -0.1) is 0 Å². The number of alkyl halides is 3. The van der Waals surface area contributed by atoms with Crippen LogP contribution in [0.3, 0.4) is 0 Å². The van der Waals surface area contributed by atoms with Gasteiger partial charge in [0, 0.05) is 6.21 Å². The van der Waals surface area contributed by atoms with Gasteiger partial charge in [-0.1, -0.05) is 11.6 Å². The number of allylic oxidation sites excluding steroid dienone is 1. The van der Waals surface area contributed by atoms with E-state index in [2.05, 4.69) is 4.99 Å². The first-order chi connectivity index (χ1) is 7.45. The Labute approximate surface area is 95.2 Å². The van der Waals surface area contributed by atoms with Crippen molar-refractivity contribution in [3.05, 3.63) is 41.1 Å². The van der Waals surface area contributed by atoms with E-state index in [1.165, 1.54) is 24.6 Å². The van der Waals surface area contributed by atoms with Gasteiger partial charge < -0.3 is 5.73 Å². The second-order valence-corrected chi connectivity index (χ2v) is 3.23. The first kappa shape index (κ1) is 12.6. The molecule has 1 aromatic rings. The summed E-state index contributed by atoms with van der Waals surface area (Å²) >= 11 is 5.44. The van der Waals surface area contributed by atoms with Gasteiger partial charge in [-0.25, -0.2) is 0 Å². The summed E-state index contributed by atoms with van der Waals surface area (Å²) < 4.78 is 37.3. The summed E-state index contributed by atoms with van der Waals surface area (Å²) in [5, 5.41) is -0.346. The van der Waals surface area contributed by atoms with Gasteiger partial charge in [0.15, 0.2) is 0 Å². The predicted octanol–water partition coefficient (Wildman–Crippen LogP) is 3.53. The number of halogens is 4. The van der Waals surface area contributed by atoms with Crippen molar-refractivity contribution >= 4 is 23.5 Å². The molecule has 0 aliphatic heterocycles. The van der Waals surface area contributed by atoms with Gasteiger partial charge in [0.05, 0.1) is 16.3 Å². The molecule has 0 radical (unpaired) electrons. The summed E-state index contributed by atoms with van der Waals surface area (Å²) in [5.74, 6) is 0. The number of rotatable bonds is 2. The smallest absolute Gasteiger partial charge is 0.405 e. The Balaban J connectivity index is 3.08. The van der Waals surface area contributed by atoms with E-state index in [1.807, 2.05) is 0 Å². The lowest BCUT2D eigenvalue weighted by Gasteiger charge is -2.08. The molecule has 2 nitrogen and oxygen atoms in total. The highest BCUT2D eigenvalue weighted by Crippen LogP contribution is 2.36. The molecular formula is C10H8ClF3N2. The first-order valence-corrected chi connectivity index (χ1v) is 4.60. The van der Waals surface area contributed by atoms with Crippen LogP contribution in [0.5, 0.6) is 0 Å². The van der Waals surface area contributed by atoms with Gasteiger partial charge in [0.2, 0.25) is 0 Å². The van der Waals surface area contributed by atoms with E-state index in [9.17, 15) is 13.2 Å². The standard InChI is InChI=1S/C10H8ClF3N2/c11-9-3-2-7(16-5-1-4-15)6-8(9)10(12,13)14/h1-6H,15H2. The van der Waals surface area contributed by atoms with Crippen LogP contribution in [0.2, 0.25) is 5.02 Å². The Morgan fingerprint density at radius 1 is 1.31 bits per heavy atom. The molecular weight excluding hydrogens is 241 g/mol. The van der Waals surface area contributed by atoms with Gasteiger partial charge in [-0.3, -0.25) is 4.99 Å². The van der Waals surface area contributed by atoms with Crippen molar-refractivity contribution in [2.45, 2.75) is 6.18 Å². The number of hydrogen-bond donors (Lipinski definition) is 1. The third-order valence-electron chi connectivity index (χ3n) is 1.68. The molecule has 0 heterocycles. The Morgan fingerprint density at radius 2 is 2.00 bits per heavy atom. The number of aliphatic imine (C=N–C) groups is 1. The minimum absolute atomic E-state index is 0.162. The van der Waals surface area contributed by atoms with Gasteiger partial charge in [-0.2, -0.15) is 13.2 Å². The van der Waals surface area contributed by atoms with Crippen molar-refractivity contribution in [1.29, 1.82) is 0 Å². The van der Waals surface area contributed by atoms with Crippen molar-refractivity contribution in [1.82, 2.24) is 0 Å². The monoisotopic (exact) mass is 248 g/mol. The van der Waals surface area contributed by atoms with E-state index in [1.54, 1.807) is 0 Å². The van der Waals surface area contributed by atoms with Crippen LogP contribution in [-0.4, -0.2) is 6.21 Å². The van der Waals surface area contributed by atoms with Crippen LogP contribution in [0, 0.1) is 0 Å². The van der Waals surface area contributed by atoms with Crippen molar-refractivity contribution in [2.24, 2.45) is 10.7 Å². The van der Waals surface area contributed by atoms with Crippen LogP contribution < -0.4 is 5.73 Å². The van der Waals surface area contributed by atoms with Crippen LogP contribution in [-0.2, 0) is 6.18 Å². The topological polar surface area (TPSA) is 38.4 Å². The highest BCUT2D eigenvalue weighted by Gasteiger charge is 2.33. The third-order valence-corrected chi connectivity index (χ3v) is 2.01. The summed E-state index contributed by atoms with van der Waals surface area (Å²) in [5.41, 5.74) is 4.30.